The van der Waals surface area contributed by atoms with E-state index >= 15 is 0 Å². The SMILES string of the molecule is c1ccc(CC2CCN(CCCSSCCCN3CCC(Cc4ccccc4)CC3)CC2)cc1. The highest BCUT2D eigenvalue weighted by Crippen LogP contribution is 2.26. The van der Waals surface area contributed by atoms with E-state index in [1.165, 1.54) is 113 Å². The molecular weight excluding hydrogens is 452 g/mol. The monoisotopic (exact) mass is 496 g/mol. The van der Waals surface area contributed by atoms with E-state index in [9.17, 15) is 0 Å². The zero-order chi connectivity index (χ0) is 23.3. The highest BCUT2D eigenvalue weighted by molar-refractivity contribution is 8.76. The molecule has 2 nitrogen and oxygen atoms in total. The number of nitrogens with zero attached hydrogens (tertiary/aromatic N) is 2. The summed E-state index contributed by atoms with van der Waals surface area (Å²) in [6.45, 7) is 7.80. The maximum atomic E-state index is 2.70. The normalized spacial score (nSPS) is 18.9. The van der Waals surface area contributed by atoms with Crippen molar-refractivity contribution in [2.45, 2.75) is 51.4 Å². The molecule has 0 spiro atoms. The van der Waals surface area contributed by atoms with Gasteiger partial charge in [-0.1, -0.05) is 82.3 Å². The predicted molar refractivity (Wildman–Crippen MR) is 153 cm³/mol. The van der Waals surface area contributed by atoms with Crippen LogP contribution in [0.25, 0.3) is 0 Å². The number of piperidine rings is 2. The van der Waals surface area contributed by atoms with E-state index in [-0.39, 0.29) is 0 Å². The number of hydrogen-bond donors (Lipinski definition) is 0. The molecule has 0 amide bonds. The maximum Gasteiger partial charge on any atom is 0.00491 e. The van der Waals surface area contributed by atoms with Crippen molar-refractivity contribution >= 4 is 21.6 Å². The molecule has 4 heteroatoms. The fourth-order valence-electron chi connectivity index (χ4n) is 5.54. The predicted octanol–water partition coefficient (Wildman–Crippen LogP) is 7.06. The second-order valence-corrected chi connectivity index (χ2v) is 13.0. The molecule has 34 heavy (non-hydrogen) atoms. The molecule has 0 aromatic heterocycles. The minimum absolute atomic E-state index is 0.887. The molecule has 0 atom stereocenters. The van der Waals surface area contributed by atoms with Crippen LogP contribution in [0.3, 0.4) is 0 Å². The number of likely N-dealkylation sites (tertiary alicyclic amines) is 2. The highest BCUT2D eigenvalue weighted by atomic mass is 33.1. The first-order chi connectivity index (χ1) is 16.8. The smallest absolute Gasteiger partial charge is 0.00491 e. The summed E-state index contributed by atoms with van der Waals surface area (Å²) in [5.74, 6) is 4.38. The molecule has 0 saturated carbocycles. The Morgan fingerprint density at radius 3 is 1.32 bits per heavy atom. The van der Waals surface area contributed by atoms with Gasteiger partial charge in [-0.25, -0.2) is 0 Å². The van der Waals surface area contributed by atoms with Crippen LogP contribution < -0.4 is 0 Å². The molecule has 0 bridgehead atoms. The molecule has 2 fully saturated rings. The maximum absolute atomic E-state index is 2.70. The second-order valence-electron chi connectivity index (χ2n) is 10.3. The van der Waals surface area contributed by atoms with Crippen LogP contribution in [0, 0.1) is 11.8 Å². The van der Waals surface area contributed by atoms with Gasteiger partial charge in [-0.2, -0.15) is 0 Å². The quantitative estimate of drug-likeness (QED) is 0.216. The average Bonchev–Trinajstić information content (AvgIpc) is 2.89. The third-order valence-corrected chi connectivity index (χ3v) is 10.2. The number of rotatable bonds is 13. The van der Waals surface area contributed by atoms with Gasteiger partial charge < -0.3 is 9.80 Å². The minimum atomic E-state index is 0.887. The molecule has 4 rings (SSSR count). The van der Waals surface area contributed by atoms with Gasteiger partial charge in [-0.05, 0) is 114 Å². The van der Waals surface area contributed by atoms with Crippen LogP contribution in [0.4, 0.5) is 0 Å². The van der Waals surface area contributed by atoms with Crippen LogP contribution in [0.15, 0.2) is 60.7 Å². The van der Waals surface area contributed by atoms with Gasteiger partial charge in [-0.15, -0.1) is 0 Å². The highest BCUT2D eigenvalue weighted by Gasteiger charge is 2.20. The van der Waals surface area contributed by atoms with Crippen LogP contribution in [-0.2, 0) is 12.8 Å². The summed E-state index contributed by atoms with van der Waals surface area (Å²) in [6, 6.07) is 22.1. The van der Waals surface area contributed by atoms with Crippen molar-refractivity contribution in [3.63, 3.8) is 0 Å². The Morgan fingerprint density at radius 1 is 0.559 bits per heavy atom. The first-order valence-corrected chi connectivity index (χ1v) is 16.1. The van der Waals surface area contributed by atoms with E-state index in [0.717, 1.165) is 11.8 Å². The van der Waals surface area contributed by atoms with Gasteiger partial charge in [0.1, 0.15) is 0 Å². The summed E-state index contributed by atoms with van der Waals surface area (Å²) >= 11 is 0. The van der Waals surface area contributed by atoms with Crippen molar-refractivity contribution in [1.82, 2.24) is 9.80 Å². The third kappa shape index (κ3) is 9.60. The summed E-state index contributed by atoms with van der Waals surface area (Å²) in [7, 11) is 4.21. The molecule has 186 valence electrons. The zero-order valence-corrected chi connectivity index (χ0v) is 22.6. The Balaban J connectivity index is 0.947. The van der Waals surface area contributed by atoms with Crippen molar-refractivity contribution in [2.24, 2.45) is 11.8 Å². The van der Waals surface area contributed by atoms with E-state index in [0.29, 0.717) is 0 Å². The van der Waals surface area contributed by atoms with Gasteiger partial charge in [0, 0.05) is 11.5 Å². The summed E-state index contributed by atoms with van der Waals surface area (Å²) in [5.41, 5.74) is 3.03. The fourth-order valence-corrected chi connectivity index (χ4v) is 7.68. The lowest BCUT2D eigenvalue weighted by Crippen LogP contribution is -2.35. The Kier molecular flexibility index (Phi) is 11.7. The standard InChI is InChI=1S/C30H44N2S2/c1-3-9-27(10-4-1)25-29-13-19-31(20-14-29)17-7-23-33-34-24-8-18-32-21-15-30(16-22-32)26-28-11-5-2-6-12-28/h1-6,9-12,29-30H,7-8,13-26H2. The Labute approximate surface area is 216 Å². The molecule has 2 aromatic carbocycles. The first-order valence-electron chi connectivity index (χ1n) is 13.6. The average molecular weight is 497 g/mol. The number of benzene rings is 2. The van der Waals surface area contributed by atoms with Gasteiger partial charge in [0.2, 0.25) is 0 Å². The van der Waals surface area contributed by atoms with Gasteiger partial charge >= 0.3 is 0 Å². The van der Waals surface area contributed by atoms with Gasteiger partial charge in [0.15, 0.2) is 0 Å². The van der Waals surface area contributed by atoms with E-state index in [2.05, 4.69) is 92.1 Å². The lowest BCUT2D eigenvalue weighted by atomic mass is 9.90. The van der Waals surface area contributed by atoms with Crippen LogP contribution in [-0.4, -0.2) is 60.6 Å². The van der Waals surface area contributed by atoms with Gasteiger partial charge in [0.25, 0.3) is 0 Å². The third-order valence-electron chi connectivity index (χ3n) is 7.64. The van der Waals surface area contributed by atoms with Crippen molar-refractivity contribution in [3.8, 4) is 0 Å². The zero-order valence-electron chi connectivity index (χ0n) is 21.0. The second kappa shape index (κ2) is 15.2. The van der Waals surface area contributed by atoms with E-state index in [4.69, 9.17) is 0 Å². The molecule has 2 aliphatic heterocycles. The van der Waals surface area contributed by atoms with Crippen LogP contribution >= 0.6 is 21.6 Å². The largest absolute Gasteiger partial charge is 0.303 e. The lowest BCUT2D eigenvalue weighted by Gasteiger charge is -2.32. The summed E-state index contributed by atoms with van der Waals surface area (Å²) in [4.78, 5) is 5.41. The molecule has 2 heterocycles. The molecular formula is C30H44N2S2. The van der Waals surface area contributed by atoms with E-state index in [1.807, 2.05) is 0 Å². The van der Waals surface area contributed by atoms with Crippen LogP contribution in [0.5, 0.6) is 0 Å². The van der Waals surface area contributed by atoms with Crippen molar-refractivity contribution in [2.75, 3.05) is 50.8 Å². The molecule has 0 unspecified atom stereocenters. The first kappa shape index (κ1) is 26.1. The summed E-state index contributed by atoms with van der Waals surface area (Å²) < 4.78 is 0. The number of hydrogen-bond acceptors (Lipinski definition) is 4. The lowest BCUT2D eigenvalue weighted by molar-refractivity contribution is 0.185. The molecule has 0 radical (unpaired) electrons. The molecule has 2 saturated heterocycles. The van der Waals surface area contributed by atoms with Crippen molar-refractivity contribution < 1.29 is 0 Å². The molecule has 0 aliphatic carbocycles. The van der Waals surface area contributed by atoms with Crippen LogP contribution in [0.2, 0.25) is 0 Å². The Hall–Kier alpha value is -0.940. The fraction of sp³-hybridized carbons (Fsp3) is 0.600. The summed E-state index contributed by atoms with van der Waals surface area (Å²) in [5, 5.41) is 0. The minimum Gasteiger partial charge on any atom is -0.303 e. The van der Waals surface area contributed by atoms with Crippen molar-refractivity contribution in [3.05, 3.63) is 71.8 Å². The van der Waals surface area contributed by atoms with E-state index in [1.54, 1.807) is 0 Å². The van der Waals surface area contributed by atoms with Gasteiger partial charge in [0.05, 0.1) is 0 Å². The van der Waals surface area contributed by atoms with Crippen molar-refractivity contribution in [1.29, 1.82) is 0 Å². The Bertz CT molecular complexity index is 701. The molecule has 0 N–H and O–H groups in total. The van der Waals surface area contributed by atoms with Crippen LogP contribution in [0.1, 0.15) is 49.7 Å². The topological polar surface area (TPSA) is 6.48 Å². The van der Waals surface area contributed by atoms with E-state index < -0.39 is 0 Å². The molecule has 2 aliphatic rings. The molecule has 2 aromatic rings. The summed E-state index contributed by atoms with van der Waals surface area (Å²) in [6.07, 6.45) is 10.7. The Morgan fingerprint density at radius 2 is 0.941 bits per heavy atom. The van der Waals surface area contributed by atoms with Gasteiger partial charge in [-0.3, -0.25) is 0 Å².